The number of carbonyl (C=O) groups excluding carboxylic acids is 1. The first-order valence-corrected chi connectivity index (χ1v) is 6.47. The molecule has 0 aromatic carbocycles. The molecule has 0 aliphatic heterocycles. The van der Waals surface area contributed by atoms with Crippen LogP contribution in [0.3, 0.4) is 0 Å². The summed E-state index contributed by atoms with van der Waals surface area (Å²) in [6.07, 6.45) is 3.56. The maximum absolute atomic E-state index is 12.0. The lowest BCUT2D eigenvalue weighted by atomic mass is 9.83. The van der Waals surface area contributed by atoms with E-state index in [1.54, 1.807) is 0 Å². The van der Waals surface area contributed by atoms with Crippen molar-refractivity contribution in [1.29, 1.82) is 5.26 Å². The second-order valence-electron chi connectivity index (χ2n) is 4.87. The van der Waals surface area contributed by atoms with E-state index in [0.717, 1.165) is 19.3 Å². The molecule has 4 heteroatoms. The molecule has 0 heterocycles. The maximum atomic E-state index is 12.0. The van der Waals surface area contributed by atoms with Gasteiger partial charge in [-0.2, -0.15) is 5.26 Å². The van der Waals surface area contributed by atoms with Crippen LogP contribution in [0.25, 0.3) is 0 Å². The van der Waals surface area contributed by atoms with Crippen molar-refractivity contribution in [2.45, 2.75) is 52.1 Å². The number of carbonyl (C=O) groups is 1. The zero-order valence-corrected chi connectivity index (χ0v) is 10.7. The van der Waals surface area contributed by atoms with E-state index in [9.17, 15) is 9.90 Å². The van der Waals surface area contributed by atoms with Crippen molar-refractivity contribution in [2.24, 2.45) is 11.3 Å². The van der Waals surface area contributed by atoms with Crippen molar-refractivity contribution in [3.05, 3.63) is 0 Å². The number of aliphatic hydroxyl groups is 1. The van der Waals surface area contributed by atoms with Gasteiger partial charge in [0, 0.05) is 12.5 Å². The van der Waals surface area contributed by atoms with Crippen molar-refractivity contribution < 1.29 is 9.90 Å². The number of nitrogens with one attached hydrogen (secondary N) is 1. The van der Waals surface area contributed by atoms with Crippen LogP contribution >= 0.6 is 0 Å². The van der Waals surface area contributed by atoms with E-state index in [1.807, 2.05) is 13.8 Å². The fourth-order valence-corrected chi connectivity index (χ4v) is 2.43. The Morgan fingerprint density at radius 1 is 1.47 bits per heavy atom. The Hall–Kier alpha value is -1.08. The number of rotatable bonds is 5. The van der Waals surface area contributed by atoms with Crippen molar-refractivity contribution in [1.82, 2.24) is 5.32 Å². The normalized spacial score (nSPS) is 24.4. The molecule has 0 aromatic heterocycles. The SMILES string of the molecule is CCC(C#N)(CC)C(=O)NCC1CCCC1O. The van der Waals surface area contributed by atoms with Gasteiger partial charge in [0.1, 0.15) is 5.41 Å². The topological polar surface area (TPSA) is 73.1 Å². The van der Waals surface area contributed by atoms with Crippen molar-refractivity contribution in [3.8, 4) is 6.07 Å². The lowest BCUT2D eigenvalue weighted by molar-refractivity contribution is -0.128. The molecule has 2 N–H and O–H groups in total. The molecule has 17 heavy (non-hydrogen) atoms. The summed E-state index contributed by atoms with van der Waals surface area (Å²) < 4.78 is 0. The fourth-order valence-electron chi connectivity index (χ4n) is 2.43. The number of hydrogen-bond acceptors (Lipinski definition) is 3. The first kappa shape index (κ1) is 14.0. The highest BCUT2D eigenvalue weighted by molar-refractivity contribution is 5.85. The summed E-state index contributed by atoms with van der Waals surface area (Å²) in [5, 5.41) is 21.6. The van der Waals surface area contributed by atoms with Gasteiger partial charge in [-0.25, -0.2) is 0 Å². The Labute approximate surface area is 103 Å². The summed E-state index contributed by atoms with van der Waals surface area (Å²) in [5.41, 5.74) is -0.899. The molecule has 0 spiro atoms. The van der Waals surface area contributed by atoms with E-state index in [0.29, 0.717) is 19.4 Å². The van der Waals surface area contributed by atoms with Crippen LogP contribution in [0.5, 0.6) is 0 Å². The molecule has 1 amide bonds. The predicted octanol–water partition coefficient (Wildman–Crippen LogP) is 1.59. The van der Waals surface area contributed by atoms with Crippen molar-refractivity contribution in [2.75, 3.05) is 6.54 Å². The summed E-state index contributed by atoms with van der Waals surface area (Å²) in [6.45, 7) is 4.21. The van der Waals surface area contributed by atoms with Gasteiger partial charge in [0.15, 0.2) is 0 Å². The van der Waals surface area contributed by atoms with Crippen LogP contribution in [-0.4, -0.2) is 23.7 Å². The Bertz CT molecular complexity index is 305. The van der Waals surface area contributed by atoms with Crippen LogP contribution in [0.2, 0.25) is 0 Å². The lowest BCUT2D eigenvalue weighted by Gasteiger charge is -2.24. The minimum atomic E-state index is -0.899. The summed E-state index contributed by atoms with van der Waals surface area (Å²) in [7, 11) is 0. The Morgan fingerprint density at radius 2 is 2.12 bits per heavy atom. The van der Waals surface area contributed by atoms with Gasteiger partial charge in [-0.05, 0) is 25.7 Å². The maximum Gasteiger partial charge on any atom is 0.240 e. The first-order chi connectivity index (χ1) is 8.09. The van der Waals surface area contributed by atoms with Gasteiger partial charge in [-0.1, -0.05) is 20.3 Å². The standard InChI is InChI=1S/C13H22N2O2/c1-3-13(4-2,9-14)12(17)15-8-10-6-5-7-11(10)16/h10-11,16H,3-8H2,1-2H3,(H,15,17). The molecular weight excluding hydrogens is 216 g/mol. The van der Waals surface area contributed by atoms with Crippen LogP contribution in [0.1, 0.15) is 46.0 Å². The van der Waals surface area contributed by atoms with E-state index < -0.39 is 5.41 Å². The zero-order chi connectivity index (χ0) is 12.9. The van der Waals surface area contributed by atoms with E-state index in [-0.39, 0.29) is 17.9 Å². The monoisotopic (exact) mass is 238 g/mol. The molecule has 4 nitrogen and oxygen atoms in total. The molecule has 2 atom stereocenters. The highest BCUT2D eigenvalue weighted by Gasteiger charge is 2.35. The second-order valence-corrected chi connectivity index (χ2v) is 4.87. The number of amides is 1. The minimum Gasteiger partial charge on any atom is -0.393 e. The van der Waals surface area contributed by atoms with Crippen molar-refractivity contribution in [3.63, 3.8) is 0 Å². The third-order valence-electron chi connectivity index (χ3n) is 4.00. The average molecular weight is 238 g/mol. The second kappa shape index (κ2) is 6.02. The number of nitriles is 1. The van der Waals surface area contributed by atoms with Crippen LogP contribution in [0, 0.1) is 22.7 Å². The smallest absolute Gasteiger partial charge is 0.240 e. The van der Waals surface area contributed by atoms with Gasteiger partial charge in [-0.3, -0.25) is 4.79 Å². The predicted molar refractivity (Wildman–Crippen MR) is 65.0 cm³/mol. The molecule has 1 rings (SSSR count). The van der Waals surface area contributed by atoms with Gasteiger partial charge in [0.25, 0.3) is 0 Å². The summed E-state index contributed by atoms with van der Waals surface area (Å²) in [4.78, 5) is 12.0. The molecule has 1 aliphatic carbocycles. The van der Waals surface area contributed by atoms with Crippen LogP contribution in [-0.2, 0) is 4.79 Å². The molecule has 1 fully saturated rings. The van der Waals surface area contributed by atoms with E-state index >= 15 is 0 Å². The molecule has 0 saturated heterocycles. The number of nitrogens with zero attached hydrogens (tertiary/aromatic N) is 1. The highest BCUT2D eigenvalue weighted by atomic mass is 16.3. The first-order valence-electron chi connectivity index (χ1n) is 6.47. The average Bonchev–Trinajstić information content (AvgIpc) is 2.75. The van der Waals surface area contributed by atoms with E-state index in [2.05, 4.69) is 11.4 Å². The van der Waals surface area contributed by atoms with E-state index in [1.165, 1.54) is 0 Å². The van der Waals surface area contributed by atoms with Crippen LogP contribution in [0.15, 0.2) is 0 Å². The van der Waals surface area contributed by atoms with Gasteiger partial charge in [0.05, 0.1) is 12.2 Å². The van der Waals surface area contributed by atoms with Crippen LogP contribution < -0.4 is 5.32 Å². The molecule has 0 aromatic rings. The lowest BCUT2D eigenvalue weighted by Crippen LogP contribution is -2.42. The molecule has 2 unspecified atom stereocenters. The summed E-state index contributed by atoms with van der Waals surface area (Å²) in [6, 6.07) is 2.13. The quantitative estimate of drug-likeness (QED) is 0.764. The molecule has 96 valence electrons. The third kappa shape index (κ3) is 2.98. The fraction of sp³-hybridized carbons (Fsp3) is 0.846. The summed E-state index contributed by atoms with van der Waals surface area (Å²) >= 11 is 0. The molecule has 0 radical (unpaired) electrons. The minimum absolute atomic E-state index is 0.157. The Kier molecular flexibility index (Phi) is 4.95. The van der Waals surface area contributed by atoms with Gasteiger partial charge in [-0.15, -0.1) is 0 Å². The molecule has 1 saturated carbocycles. The third-order valence-corrected chi connectivity index (χ3v) is 4.00. The number of aliphatic hydroxyl groups excluding tert-OH is 1. The number of hydrogen-bond donors (Lipinski definition) is 2. The van der Waals surface area contributed by atoms with Gasteiger partial charge in [0.2, 0.25) is 5.91 Å². The zero-order valence-electron chi connectivity index (χ0n) is 10.7. The van der Waals surface area contributed by atoms with Crippen LogP contribution in [0.4, 0.5) is 0 Å². The Morgan fingerprint density at radius 3 is 2.53 bits per heavy atom. The van der Waals surface area contributed by atoms with Gasteiger partial charge >= 0.3 is 0 Å². The van der Waals surface area contributed by atoms with Gasteiger partial charge < -0.3 is 10.4 Å². The van der Waals surface area contributed by atoms with Crippen molar-refractivity contribution >= 4 is 5.91 Å². The molecule has 0 bridgehead atoms. The molecule has 1 aliphatic rings. The molecular formula is C13H22N2O2. The summed E-state index contributed by atoms with van der Waals surface area (Å²) in [5.74, 6) is -0.0341. The Balaban J connectivity index is 2.51. The highest BCUT2D eigenvalue weighted by Crippen LogP contribution is 2.27. The largest absolute Gasteiger partial charge is 0.393 e. The van der Waals surface area contributed by atoms with E-state index in [4.69, 9.17) is 5.26 Å².